The Morgan fingerprint density at radius 3 is 2.57 bits per heavy atom. The van der Waals surface area contributed by atoms with Gasteiger partial charge in [-0.3, -0.25) is 4.79 Å². The first kappa shape index (κ1) is 15.3. The number of fused-ring (bicyclic) bond motifs is 1. The molecule has 1 heterocycles. The van der Waals surface area contributed by atoms with Gasteiger partial charge in [-0.05, 0) is 36.2 Å². The van der Waals surface area contributed by atoms with Gasteiger partial charge in [-0.1, -0.05) is 30.3 Å². The lowest BCUT2D eigenvalue weighted by Crippen LogP contribution is -2.46. The number of hydrogen-bond acceptors (Lipinski definition) is 3. The van der Waals surface area contributed by atoms with Crippen molar-refractivity contribution < 1.29 is 9.53 Å². The lowest BCUT2D eigenvalue weighted by atomic mass is 9.91. The maximum atomic E-state index is 11.9. The minimum absolute atomic E-state index is 0.392. The van der Waals surface area contributed by atoms with Crippen LogP contribution in [-0.4, -0.2) is 18.1 Å². The monoisotopic (exact) mass is 327 g/mol. The molecule has 0 aliphatic carbocycles. The normalized spacial score (nSPS) is 17.7. The maximum absolute atomic E-state index is 11.9. The van der Waals surface area contributed by atoms with Crippen LogP contribution in [0, 0.1) is 0 Å². The van der Waals surface area contributed by atoms with Crippen LogP contribution in [-0.2, 0) is 4.79 Å². The van der Waals surface area contributed by atoms with Crippen LogP contribution in [0.1, 0.15) is 18.5 Å². The second-order valence-corrected chi connectivity index (χ2v) is 5.75. The SMILES string of the molecule is COc1ccc([C@@H]2NC(=S)NC(C)=C2C(N)=O)c2ccccc12. The maximum Gasteiger partial charge on any atom is 0.248 e. The van der Waals surface area contributed by atoms with Crippen LogP contribution in [0.4, 0.5) is 0 Å². The highest BCUT2D eigenvalue weighted by molar-refractivity contribution is 7.80. The fraction of sp³-hybridized carbons (Fsp3) is 0.176. The summed E-state index contributed by atoms with van der Waals surface area (Å²) in [5.74, 6) is 0.303. The lowest BCUT2D eigenvalue weighted by molar-refractivity contribution is -0.115. The predicted molar refractivity (Wildman–Crippen MR) is 94.0 cm³/mol. The first-order valence-electron chi connectivity index (χ1n) is 7.16. The summed E-state index contributed by atoms with van der Waals surface area (Å²) < 4.78 is 5.42. The van der Waals surface area contributed by atoms with Crippen molar-refractivity contribution in [2.75, 3.05) is 7.11 Å². The molecule has 0 aromatic heterocycles. The van der Waals surface area contributed by atoms with Crippen LogP contribution in [0.3, 0.4) is 0 Å². The van der Waals surface area contributed by atoms with Crippen molar-refractivity contribution >= 4 is 34.0 Å². The molecule has 0 bridgehead atoms. The average Bonchev–Trinajstić information content (AvgIpc) is 2.52. The van der Waals surface area contributed by atoms with Crippen LogP contribution in [0.25, 0.3) is 10.8 Å². The van der Waals surface area contributed by atoms with Crippen LogP contribution in [0.5, 0.6) is 5.75 Å². The molecule has 0 fully saturated rings. The minimum Gasteiger partial charge on any atom is -0.496 e. The molecule has 5 nitrogen and oxygen atoms in total. The number of hydrogen-bond donors (Lipinski definition) is 3. The number of carbonyl (C=O) groups excluding carboxylic acids is 1. The van der Waals surface area contributed by atoms with Gasteiger partial charge in [0.15, 0.2) is 5.11 Å². The Kier molecular flexibility index (Phi) is 3.92. The Bertz CT molecular complexity index is 845. The van der Waals surface area contributed by atoms with Crippen LogP contribution in [0.2, 0.25) is 0 Å². The first-order valence-corrected chi connectivity index (χ1v) is 7.57. The Labute approximate surface area is 139 Å². The molecule has 6 heteroatoms. The molecule has 3 rings (SSSR count). The molecule has 2 aromatic rings. The number of ether oxygens (including phenoxy) is 1. The summed E-state index contributed by atoms with van der Waals surface area (Å²) in [6.45, 7) is 1.80. The largest absolute Gasteiger partial charge is 0.496 e. The second kappa shape index (κ2) is 5.89. The van der Waals surface area contributed by atoms with Gasteiger partial charge in [-0.25, -0.2) is 0 Å². The predicted octanol–water partition coefficient (Wildman–Crippen LogP) is 2.13. The van der Waals surface area contributed by atoms with Gasteiger partial charge >= 0.3 is 0 Å². The first-order chi connectivity index (χ1) is 11.0. The zero-order valence-corrected chi connectivity index (χ0v) is 13.7. The molecule has 0 saturated carbocycles. The van der Waals surface area contributed by atoms with E-state index in [2.05, 4.69) is 10.6 Å². The van der Waals surface area contributed by atoms with E-state index in [4.69, 9.17) is 22.7 Å². The lowest BCUT2D eigenvalue weighted by Gasteiger charge is -2.30. The molecule has 0 radical (unpaired) electrons. The van der Waals surface area contributed by atoms with E-state index >= 15 is 0 Å². The summed E-state index contributed by atoms with van der Waals surface area (Å²) in [5, 5.41) is 8.53. The van der Waals surface area contributed by atoms with Gasteiger partial charge in [0.2, 0.25) is 5.91 Å². The number of thiocarbonyl (C=S) groups is 1. The van der Waals surface area contributed by atoms with Gasteiger partial charge in [-0.2, -0.15) is 0 Å². The quantitative estimate of drug-likeness (QED) is 0.753. The van der Waals surface area contributed by atoms with Gasteiger partial charge in [-0.15, -0.1) is 0 Å². The van der Waals surface area contributed by atoms with Crippen molar-refractivity contribution in [3.63, 3.8) is 0 Å². The standard InChI is InChI=1S/C17H17N3O2S/c1-9-14(16(18)21)15(20-17(23)19-9)12-7-8-13(22-2)11-6-4-3-5-10(11)12/h3-8,15H,1-2H3,(H2,18,21)(H2,19,20,23)/t15-/m0/s1. The zero-order valence-electron chi connectivity index (χ0n) is 12.8. The van der Waals surface area contributed by atoms with Crippen LogP contribution in [0.15, 0.2) is 47.7 Å². The van der Waals surface area contributed by atoms with Crippen molar-refractivity contribution in [2.24, 2.45) is 5.73 Å². The third kappa shape index (κ3) is 2.61. The number of nitrogens with one attached hydrogen (secondary N) is 2. The molecule has 1 amide bonds. The van der Waals surface area contributed by atoms with E-state index in [0.717, 1.165) is 22.1 Å². The van der Waals surface area contributed by atoms with Gasteiger partial charge in [0.05, 0.1) is 18.7 Å². The Morgan fingerprint density at radius 1 is 1.22 bits per heavy atom. The third-order valence-electron chi connectivity index (χ3n) is 3.98. The molecule has 0 unspecified atom stereocenters. The smallest absolute Gasteiger partial charge is 0.248 e. The van der Waals surface area contributed by atoms with Crippen LogP contribution >= 0.6 is 12.2 Å². The van der Waals surface area contributed by atoms with Crippen molar-refractivity contribution in [3.05, 3.63) is 53.2 Å². The molecule has 0 spiro atoms. The van der Waals surface area contributed by atoms with E-state index in [0.29, 0.717) is 16.4 Å². The molecule has 2 aromatic carbocycles. The van der Waals surface area contributed by atoms with E-state index in [9.17, 15) is 4.79 Å². The number of nitrogens with two attached hydrogens (primary N) is 1. The Balaban J connectivity index is 2.25. The van der Waals surface area contributed by atoms with E-state index in [1.165, 1.54) is 0 Å². The van der Waals surface area contributed by atoms with Gasteiger partial charge in [0, 0.05) is 11.1 Å². The number of methoxy groups -OCH3 is 1. The molecule has 4 N–H and O–H groups in total. The highest BCUT2D eigenvalue weighted by atomic mass is 32.1. The van der Waals surface area contributed by atoms with Crippen molar-refractivity contribution in [1.29, 1.82) is 0 Å². The number of allylic oxidation sites excluding steroid dienone is 1. The van der Waals surface area contributed by atoms with E-state index in [-0.39, 0.29) is 0 Å². The van der Waals surface area contributed by atoms with Gasteiger partial charge in [0.1, 0.15) is 5.75 Å². The summed E-state index contributed by atoms with van der Waals surface area (Å²) in [6.07, 6.45) is 0. The Hall–Kier alpha value is -2.60. The number of rotatable bonds is 3. The van der Waals surface area contributed by atoms with Crippen molar-refractivity contribution in [2.45, 2.75) is 13.0 Å². The molecule has 0 saturated heterocycles. The van der Waals surface area contributed by atoms with Gasteiger partial charge < -0.3 is 21.1 Å². The second-order valence-electron chi connectivity index (χ2n) is 5.34. The van der Waals surface area contributed by atoms with Gasteiger partial charge in [0.25, 0.3) is 0 Å². The molecule has 1 atom stereocenters. The number of primary amides is 1. The molecule has 118 valence electrons. The van der Waals surface area contributed by atoms with E-state index < -0.39 is 11.9 Å². The number of amides is 1. The van der Waals surface area contributed by atoms with Crippen LogP contribution < -0.4 is 21.1 Å². The summed E-state index contributed by atoms with van der Waals surface area (Å²) in [7, 11) is 1.64. The zero-order chi connectivity index (χ0) is 16.6. The summed E-state index contributed by atoms with van der Waals surface area (Å²) in [4.78, 5) is 11.9. The fourth-order valence-electron chi connectivity index (χ4n) is 2.98. The van der Waals surface area contributed by atoms with E-state index in [1.807, 2.05) is 36.4 Å². The highest BCUT2D eigenvalue weighted by Gasteiger charge is 2.29. The topological polar surface area (TPSA) is 76.4 Å². The molecule has 23 heavy (non-hydrogen) atoms. The average molecular weight is 327 g/mol. The highest BCUT2D eigenvalue weighted by Crippen LogP contribution is 2.35. The summed E-state index contributed by atoms with van der Waals surface area (Å²) in [5.41, 5.74) is 7.67. The molecule has 1 aliphatic heterocycles. The van der Waals surface area contributed by atoms with Crippen molar-refractivity contribution in [1.82, 2.24) is 10.6 Å². The molecular weight excluding hydrogens is 310 g/mol. The number of benzene rings is 2. The molecular formula is C17H17N3O2S. The Morgan fingerprint density at radius 2 is 1.91 bits per heavy atom. The minimum atomic E-state index is -0.477. The number of carbonyl (C=O) groups is 1. The summed E-state index contributed by atoms with van der Waals surface area (Å²) in [6, 6.07) is 11.3. The molecule has 1 aliphatic rings. The fourth-order valence-corrected chi connectivity index (χ4v) is 3.25. The van der Waals surface area contributed by atoms with E-state index in [1.54, 1.807) is 14.0 Å². The third-order valence-corrected chi connectivity index (χ3v) is 4.20. The summed E-state index contributed by atoms with van der Waals surface area (Å²) >= 11 is 5.24. The van der Waals surface area contributed by atoms with Crippen molar-refractivity contribution in [3.8, 4) is 5.75 Å².